The molecule has 9 heteroatoms. The van der Waals surface area contributed by atoms with Crippen LogP contribution in [0.5, 0.6) is 5.75 Å². The van der Waals surface area contributed by atoms with Crippen LogP contribution in [0.15, 0.2) is 55.0 Å². The van der Waals surface area contributed by atoms with Crippen molar-refractivity contribution < 1.29 is 9.66 Å². The fourth-order valence-electron chi connectivity index (χ4n) is 2.27. The van der Waals surface area contributed by atoms with Gasteiger partial charge in [-0.25, -0.2) is 15.0 Å². The Balaban J connectivity index is 1.98. The second-order valence-electron chi connectivity index (χ2n) is 5.07. The summed E-state index contributed by atoms with van der Waals surface area (Å²) in [6, 6.07) is 12.3. The van der Waals surface area contributed by atoms with Crippen molar-refractivity contribution in [3.8, 4) is 5.75 Å². The molecule has 0 atom stereocenters. The largest absolute Gasteiger partial charge is 0.492 e. The topological polar surface area (TPSA) is 115 Å². The molecule has 1 aromatic carbocycles. The summed E-state index contributed by atoms with van der Waals surface area (Å²) in [4.78, 5) is 23.2. The molecule has 2 heterocycles. The van der Waals surface area contributed by atoms with Crippen molar-refractivity contribution in [2.45, 2.75) is 6.92 Å². The van der Waals surface area contributed by atoms with Crippen molar-refractivity contribution in [3.05, 3.63) is 65.1 Å². The molecule has 2 N–H and O–H groups in total. The number of aromatic nitrogens is 3. The molecule has 0 fully saturated rings. The first kappa shape index (κ1) is 17.1. The minimum Gasteiger partial charge on any atom is -0.492 e. The van der Waals surface area contributed by atoms with Crippen LogP contribution in [0.1, 0.15) is 6.92 Å². The smallest absolute Gasteiger partial charge is 0.353 e. The van der Waals surface area contributed by atoms with Gasteiger partial charge in [-0.3, -0.25) is 10.1 Å². The highest BCUT2D eigenvalue weighted by atomic mass is 16.6. The fourth-order valence-corrected chi connectivity index (χ4v) is 2.27. The average molecular weight is 352 g/mol. The lowest BCUT2D eigenvalue weighted by atomic mass is 10.3. The highest BCUT2D eigenvalue weighted by Crippen LogP contribution is 2.35. The highest BCUT2D eigenvalue weighted by molar-refractivity contribution is 5.77. The average Bonchev–Trinajstić information content (AvgIpc) is 2.64. The van der Waals surface area contributed by atoms with E-state index in [4.69, 9.17) is 4.74 Å². The maximum Gasteiger partial charge on any atom is 0.353 e. The first-order valence-corrected chi connectivity index (χ1v) is 7.85. The lowest BCUT2D eigenvalue weighted by Crippen LogP contribution is -2.06. The molecular weight excluding hydrogens is 336 g/mol. The predicted octanol–water partition coefficient (Wildman–Crippen LogP) is 3.67. The first-order valence-electron chi connectivity index (χ1n) is 7.85. The van der Waals surface area contributed by atoms with Gasteiger partial charge in [-0.15, -0.1) is 0 Å². The van der Waals surface area contributed by atoms with Gasteiger partial charge in [0.2, 0.25) is 11.6 Å². The van der Waals surface area contributed by atoms with Crippen LogP contribution < -0.4 is 15.4 Å². The van der Waals surface area contributed by atoms with Crippen LogP contribution in [0.3, 0.4) is 0 Å². The Morgan fingerprint density at radius 1 is 1.04 bits per heavy atom. The molecule has 0 unspecified atom stereocenters. The van der Waals surface area contributed by atoms with Crippen LogP contribution in [0.2, 0.25) is 0 Å². The summed E-state index contributed by atoms with van der Waals surface area (Å²) < 4.78 is 5.53. The van der Waals surface area contributed by atoms with Crippen LogP contribution in [0, 0.1) is 10.1 Å². The molecule has 0 amide bonds. The highest BCUT2D eigenvalue weighted by Gasteiger charge is 2.24. The minimum absolute atomic E-state index is 0.0418. The van der Waals surface area contributed by atoms with Crippen molar-refractivity contribution in [1.82, 2.24) is 15.0 Å². The van der Waals surface area contributed by atoms with E-state index in [1.807, 2.05) is 13.0 Å². The molecule has 0 saturated carbocycles. The number of anilines is 4. The van der Waals surface area contributed by atoms with E-state index >= 15 is 0 Å². The Kier molecular flexibility index (Phi) is 5.18. The second-order valence-corrected chi connectivity index (χ2v) is 5.07. The lowest BCUT2D eigenvalue weighted by molar-refractivity contribution is -0.383. The standard InChI is InChI=1S/C17H16N6O3/c1-2-26-13-8-4-3-7-12(13)21-16-15(23(24)25)17(20-11-19-16)22-14-9-5-6-10-18-14/h3-11H,2H2,1H3,(H2,18,19,20,21,22). The third-order valence-corrected chi connectivity index (χ3v) is 3.36. The summed E-state index contributed by atoms with van der Waals surface area (Å²) in [5.41, 5.74) is 0.282. The number of pyridine rings is 1. The zero-order valence-corrected chi connectivity index (χ0v) is 13.9. The third kappa shape index (κ3) is 3.83. The molecule has 0 aliphatic heterocycles. The van der Waals surface area contributed by atoms with Gasteiger partial charge in [0, 0.05) is 6.20 Å². The van der Waals surface area contributed by atoms with Gasteiger partial charge in [0.25, 0.3) is 0 Å². The van der Waals surface area contributed by atoms with E-state index in [9.17, 15) is 10.1 Å². The summed E-state index contributed by atoms with van der Waals surface area (Å²) in [5, 5.41) is 17.4. The molecular formula is C17H16N6O3. The van der Waals surface area contributed by atoms with Crippen LogP contribution in [-0.2, 0) is 0 Å². The first-order chi connectivity index (χ1) is 12.7. The van der Waals surface area contributed by atoms with Crippen LogP contribution in [0.25, 0.3) is 0 Å². The minimum atomic E-state index is -0.545. The normalized spacial score (nSPS) is 10.2. The Bertz CT molecular complexity index is 904. The molecule has 9 nitrogen and oxygen atoms in total. The number of rotatable bonds is 7. The number of hydrogen-bond acceptors (Lipinski definition) is 8. The molecule has 0 aliphatic carbocycles. The number of ether oxygens (including phenoxy) is 1. The van der Waals surface area contributed by atoms with Crippen LogP contribution in [0.4, 0.5) is 28.8 Å². The summed E-state index contributed by atoms with van der Waals surface area (Å²) >= 11 is 0. The molecule has 132 valence electrons. The summed E-state index contributed by atoms with van der Waals surface area (Å²) in [5.74, 6) is 1.10. The van der Waals surface area contributed by atoms with Crippen molar-refractivity contribution in [2.75, 3.05) is 17.2 Å². The lowest BCUT2D eigenvalue weighted by Gasteiger charge is -2.12. The molecule has 3 rings (SSSR count). The van der Waals surface area contributed by atoms with E-state index in [-0.39, 0.29) is 17.3 Å². The van der Waals surface area contributed by atoms with Crippen LogP contribution in [-0.4, -0.2) is 26.5 Å². The van der Waals surface area contributed by atoms with E-state index in [1.54, 1.807) is 42.6 Å². The Labute approximate surface area is 149 Å². The molecule has 0 radical (unpaired) electrons. The molecule has 0 spiro atoms. The monoisotopic (exact) mass is 352 g/mol. The zero-order valence-electron chi connectivity index (χ0n) is 13.9. The van der Waals surface area contributed by atoms with Gasteiger partial charge in [0.15, 0.2) is 0 Å². The number of hydrogen-bond donors (Lipinski definition) is 2. The van der Waals surface area contributed by atoms with Crippen molar-refractivity contribution >= 4 is 28.8 Å². The number of nitrogens with one attached hydrogen (secondary N) is 2. The van der Waals surface area contributed by atoms with Crippen molar-refractivity contribution in [2.24, 2.45) is 0 Å². The number of nitro groups is 1. The van der Waals surface area contributed by atoms with E-state index in [2.05, 4.69) is 25.6 Å². The molecule has 0 saturated heterocycles. The van der Waals surface area contributed by atoms with Gasteiger partial charge in [0.1, 0.15) is 17.9 Å². The van der Waals surface area contributed by atoms with Crippen molar-refractivity contribution in [3.63, 3.8) is 0 Å². The van der Waals surface area contributed by atoms with Gasteiger partial charge in [-0.05, 0) is 31.2 Å². The third-order valence-electron chi connectivity index (χ3n) is 3.36. The quantitative estimate of drug-likeness (QED) is 0.489. The zero-order chi connectivity index (χ0) is 18.4. The van der Waals surface area contributed by atoms with Crippen LogP contribution >= 0.6 is 0 Å². The van der Waals surface area contributed by atoms with Gasteiger partial charge in [-0.2, -0.15) is 0 Å². The van der Waals surface area contributed by atoms with E-state index < -0.39 is 4.92 Å². The Morgan fingerprint density at radius 2 is 1.77 bits per heavy atom. The number of para-hydroxylation sites is 2. The Hall–Kier alpha value is -3.75. The molecule has 0 aliphatic rings. The van der Waals surface area contributed by atoms with Gasteiger partial charge in [0.05, 0.1) is 17.2 Å². The fraction of sp³-hybridized carbons (Fsp3) is 0.118. The van der Waals surface area contributed by atoms with Gasteiger partial charge in [-0.1, -0.05) is 18.2 Å². The van der Waals surface area contributed by atoms with E-state index in [1.165, 1.54) is 6.33 Å². The summed E-state index contributed by atoms with van der Waals surface area (Å²) in [7, 11) is 0. The number of benzene rings is 1. The summed E-state index contributed by atoms with van der Waals surface area (Å²) in [6.45, 7) is 2.33. The summed E-state index contributed by atoms with van der Waals surface area (Å²) in [6.07, 6.45) is 2.82. The van der Waals surface area contributed by atoms with E-state index in [0.29, 0.717) is 23.9 Å². The van der Waals surface area contributed by atoms with Gasteiger partial charge < -0.3 is 15.4 Å². The SMILES string of the molecule is CCOc1ccccc1Nc1ncnc(Nc2ccccn2)c1[N+](=O)[O-]. The predicted molar refractivity (Wildman–Crippen MR) is 97.1 cm³/mol. The Morgan fingerprint density at radius 3 is 2.46 bits per heavy atom. The maximum atomic E-state index is 11.6. The van der Waals surface area contributed by atoms with Gasteiger partial charge >= 0.3 is 5.69 Å². The molecule has 3 aromatic rings. The second kappa shape index (κ2) is 7.88. The maximum absolute atomic E-state index is 11.6. The molecule has 0 bridgehead atoms. The van der Waals surface area contributed by atoms with E-state index in [0.717, 1.165) is 0 Å². The number of nitrogens with zero attached hydrogens (tertiary/aromatic N) is 4. The molecule has 2 aromatic heterocycles. The van der Waals surface area contributed by atoms with Crippen molar-refractivity contribution in [1.29, 1.82) is 0 Å². The molecule has 26 heavy (non-hydrogen) atoms.